The summed E-state index contributed by atoms with van der Waals surface area (Å²) in [5.74, 6) is 0.304. The predicted octanol–water partition coefficient (Wildman–Crippen LogP) is 4.03. The van der Waals surface area contributed by atoms with Gasteiger partial charge in [0.2, 0.25) is 0 Å². The zero-order valence-electron chi connectivity index (χ0n) is 12.6. The van der Waals surface area contributed by atoms with E-state index in [9.17, 15) is 18.3 Å². The third-order valence-corrected chi connectivity index (χ3v) is 3.77. The molecule has 0 bridgehead atoms. The van der Waals surface area contributed by atoms with Crippen molar-refractivity contribution in [1.82, 2.24) is 9.55 Å². The molecule has 124 valence electrons. The molecule has 2 aromatic carbocycles. The van der Waals surface area contributed by atoms with E-state index in [4.69, 9.17) is 0 Å². The van der Waals surface area contributed by atoms with Crippen molar-refractivity contribution >= 4 is 0 Å². The first-order valence-corrected chi connectivity index (χ1v) is 7.36. The fourth-order valence-electron chi connectivity index (χ4n) is 2.60. The normalized spacial score (nSPS) is 13.0. The van der Waals surface area contributed by atoms with Gasteiger partial charge in [0.15, 0.2) is 0 Å². The van der Waals surface area contributed by atoms with E-state index in [0.717, 1.165) is 6.07 Å². The molecular formula is C18H15F3N2O. The second-order valence-electron chi connectivity index (χ2n) is 5.38. The second-order valence-corrected chi connectivity index (χ2v) is 5.38. The third-order valence-electron chi connectivity index (χ3n) is 3.77. The number of hydrogen-bond donors (Lipinski definition) is 1. The van der Waals surface area contributed by atoms with E-state index in [0.29, 0.717) is 11.4 Å². The molecule has 1 atom stereocenters. The number of aliphatic hydroxyl groups excluding tert-OH is 1. The van der Waals surface area contributed by atoms with Gasteiger partial charge in [0.05, 0.1) is 5.56 Å². The van der Waals surface area contributed by atoms with Crippen LogP contribution in [0.2, 0.25) is 0 Å². The highest BCUT2D eigenvalue weighted by molar-refractivity contribution is 5.31. The zero-order valence-corrected chi connectivity index (χ0v) is 12.6. The van der Waals surface area contributed by atoms with Gasteiger partial charge < -0.3 is 9.67 Å². The Hall–Kier alpha value is -2.60. The Morgan fingerprint density at radius 1 is 1.00 bits per heavy atom. The zero-order chi connectivity index (χ0) is 17.2. The van der Waals surface area contributed by atoms with E-state index in [2.05, 4.69) is 4.98 Å². The van der Waals surface area contributed by atoms with Crippen LogP contribution in [0.1, 0.15) is 28.6 Å². The quantitative estimate of drug-likeness (QED) is 0.783. The summed E-state index contributed by atoms with van der Waals surface area (Å²) in [6.45, 7) is -0.0189. The van der Waals surface area contributed by atoms with Gasteiger partial charge in [-0.1, -0.05) is 48.5 Å². The van der Waals surface area contributed by atoms with Gasteiger partial charge in [-0.2, -0.15) is 13.2 Å². The molecule has 0 amide bonds. The molecule has 0 aliphatic carbocycles. The molecule has 1 unspecified atom stereocenters. The molecule has 0 aliphatic rings. The number of hydrogen-bond acceptors (Lipinski definition) is 2. The molecule has 0 radical (unpaired) electrons. The maximum atomic E-state index is 13.1. The standard InChI is InChI=1S/C18H15F3N2O/c19-18(20,21)15-9-5-4-8-14(15)12-23-11-10-22-17(23)16(24)13-6-2-1-3-7-13/h1-11,16,24H,12H2. The Kier molecular flexibility index (Phi) is 4.40. The molecule has 0 saturated carbocycles. The summed E-state index contributed by atoms with van der Waals surface area (Å²) in [4.78, 5) is 4.11. The van der Waals surface area contributed by atoms with Crippen molar-refractivity contribution < 1.29 is 18.3 Å². The molecule has 1 aromatic heterocycles. The maximum absolute atomic E-state index is 13.1. The van der Waals surface area contributed by atoms with Crippen molar-refractivity contribution in [2.45, 2.75) is 18.8 Å². The van der Waals surface area contributed by atoms with Gasteiger partial charge >= 0.3 is 6.18 Å². The number of nitrogens with zero attached hydrogens (tertiary/aromatic N) is 2. The van der Waals surface area contributed by atoms with E-state index >= 15 is 0 Å². The Morgan fingerprint density at radius 2 is 1.67 bits per heavy atom. The minimum Gasteiger partial charge on any atom is -0.380 e. The Balaban J connectivity index is 1.93. The van der Waals surface area contributed by atoms with Gasteiger partial charge in [-0.3, -0.25) is 0 Å². The highest BCUT2D eigenvalue weighted by atomic mass is 19.4. The van der Waals surface area contributed by atoms with Crippen LogP contribution in [0.5, 0.6) is 0 Å². The lowest BCUT2D eigenvalue weighted by Gasteiger charge is -2.16. The summed E-state index contributed by atoms with van der Waals surface area (Å²) in [5.41, 5.74) is 0.0809. The van der Waals surface area contributed by atoms with Gasteiger partial charge in [-0.15, -0.1) is 0 Å². The van der Waals surface area contributed by atoms with E-state index in [1.54, 1.807) is 36.5 Å². The van der Waals surface area contributed by atoms with Crippen LogP contribution in [0.4, 0.5) is 13.2 Å². The monoisotopic (exact) mass is 332 g/mol. The average molecular weight is 332 g/mol. The topological polar surface area (TPSA) is 38.1 Å². The van der Waals surface area contributed by atoms with Crippen LogP contribution < -0.4 is 0 Å². The summed E-state index contributed by atoms with van der Waals surface area (Å²) < 4.78 is 40.9. The largest absolute Gasteiger partial charge is 0.416 e. The number of benzene rings is 2. The van der Waals surface area contributed by atoms with Crippen LogP contribution in [0.15, 0.2) is 67.0 Å². The van der Waals surface area contributed by atoms with Crippen LogP contribution in [0, 0.1) is 0 Å². The van der Waals surface area contributed by atoms with E-state index in [1.165, 1.54) is 22.9 Å². The smallest absolute Gasteiger partial charge is 0.380 e. The van der Waals surface area contributed by atoms with Crippen molar-refractivity contribution in [2.75, 3.05) is 0 Å². The molecule has 1 heterocycles. The van der Waals surface area contributed by atoms with Gasteiger partial charge in [0.1, 0.15) is 11.9 Å². The molecule has 3 rings (SSSR count). The van der Waals surface area contributed by atoms with E-state index in [1.807, 2.05) is 6.07 Å². The molecule has 0 saturated heterocycles. The van der Waals surface area contributed by atoms with Gasteiger partial charge in [0, 0.05) is 18.9 Å². The van der Waals surface area contributed by atoms with Crippen molar-refractivity contribution in [3.8, 4) is 0 Å². The molecule has 6 heteroatoms. The van der Waals surface area contributed by atoms with Crippen LogP contribution in [-0.4, -0.2) is 14.7 Å². The molecule has 0 fully saturated rings. The molecule has 3 nitrogen and oxygen atoms in total. The number of alkyl halides is 3. The summed E-state index contributed by atoms with van der Waals surface area (Å²) in [5, 5.41) is 10.5. The van der Waals surface area contributed by atoms with Gasteiger partial charge in [-0.05, 0) is 17.2 Å². The highest BCUT2D eigenvalue weighted by Gasteiger charge is 2.33. The molecule has 0 spiro atoms. The van der Waals surface area contributed by atoms with Crippen LogP contribution >= 0.6 is 0 Å². The third kappa shape index (κ3) is 3.33. The van der Waals surface area contributed by atoms with Crippen molar-refractivity contribution in [1.29, 1.82) is 0 Å². The predicted molar refractivity (Wildman–Crippen MR) is 83.3 cm³/mol. The first-order chi connectivity index (χ1) is 11.5. The second kappa shape index (κ2) is 6.49. The molecule has 0 aliphatic heterocycles. The minimum atomic E-state index is -4.42. The lowest BCUT2D eigenvalue weighted by molar-refractivity contribution is -0.138. The number of halogens is 3. The van der Waals surface area contributed by atoms with Crippen LogP contribution in [0.25, 0.3) is 0 Å². The van der Waals surface area contributed by atoms with Gasteiger partial charge in [0.25, 0.3) is 0 Å². The summed E-state index contributed by atoms with van der Waals surface area (Å²) in [6, 6.07) is 14.3. The van der Waals surface area contributed by atoms with E-state index in [-0.39, 0.29) is 12.1 Å². The van der Waals surface area contributed by atoms with Crippen LogP contribution in [0.3, 0.4) is 0 Å². The van der Waals surface area contributed by atoms with Crippen LogP contribution in [-0.2, 0) is 12.7 Å². The first-order valence-electron chi connectivity index (χ1n) is 7.36. The molecule has 24 heavy (non-hydrogen) atoms. The fraction of sp³-hybridized carbons (Fsp3) is 0.167. The Morgan fingerprint density at radius 3 is 2.38 bits per heavy atom. The number of imidazole rings is 1. The van der Waals surface area contributed by atoms with Crippen molar-refractivity contribution in [2.24, 2.45) is 0 Å². The number of rotatable bonds is 4. The minimum absolute atomic E-state index is 0.0189. The lowest BCUT2D eigenvalue weighted by atomic mass is 10.1. The highest BCUT2D eigenvalue weighted by Crippen LogP contribution is 2.32. The SMILES string of the molecule is OC(c1ccccc1)c1nccn1Cc1ccccc1C(F)(F)F. The van der Waals surface area contributed by atoms with Gasteiger partial charge in [-0.25, -0.2) is 4.98 Å². The molecular weight excluding hydrogens is 317 g/mol. The fourth-order valence-corrected chi connectivity index (χ4v) is 2.60. The molecule has 1 N–H and O–H groups in total. The van der Waals surface area contributed by atoms with Crippen molar-refractivity contribution in [3.05, 3.63) is 89.5 Å². The Bertz CT molecular complexity index is 812. The lowest BCUT2D eigenvalue weighted by Crippen LogP contribution is -2.14. The summed E-state index contributed by atoms with van der Waals surface area (Å²) in [7, 11) is 0. The number of aliphatic hydroxyl groups is 1. The van der Waals surface area contributed by atoms with E-state index < -0.39 is 17.8 Å². The van der Waals surface area contributed by atoms with Crippen molar-refractivity contribution in [3.63, 3.8) is 0 Å². The Labute approximate surface area is 137 Å². The summed E-state index contributed by atoms with van der Waals surface area (Å²) in [6.07, 6.45) is -2.39. The number of aromatic nitrogens is 2. The molecule has 3 aromatic rings. The average Bonchev–Trinajstić information content (AvgIpc) is 3.02. The maximum Gasteiger partial charge on any atom is 0.416 e. The summed E-state index contributed by atoms with van der Waals surface area (Å²) >= 11 is 0. The first kappa shape index (κ1) is 16.3.